The quantitative estimate of drug-likeness (QED) is 0.792. The molecule has 1 saturated heterocycles. The Morgan fingerprint density at radius 2 is 1.80 bits per heavy atom. The van der Waals surface area contributed by atoms with Crippen molar-refractivity contribution >= 4 is 22.9 Å². The predicted octanol–water partition coefficient (Wildman–Crippen LogP) is 3.51. The smallest absolute Gasteiger partial charge is 0.289 e. The molecular weight excluding hydrogens is 338 g/mol. The van der Waals surface area contributed by atoms with Gasteiger partial charge < -0.3 is 9.47 Å². The molecule has 0 N–H and O–H groups in total. The van der Waals surface area contributed by atoms with Crippen molar-refractivity contribution in [2.24, 2.45) is 0 Å². The van der Waals surface area contributed by atoms with Crippen LogP contribution in [0.3, 0.4) is 0 Å². The van der Waals surface area contributed by atoms with Crippen LogP contribution in [0.5, 0.6) is 11.5 Å². The third kappa shape index (κ3) is 3.79. The SMILES string of the molecule is COc1ccc(C[C@@H]2SC(=O)N(Cc3ccccc3)C2=O)c(OC)c1. The maximum atomic E-state index is 12.7. The number of hydrogen-bond acceptors (Lipinski definition) is 5. The molecule has 2 amide bonds. The zero-order valence-electron chi connectivity index (χ0n) is 14.1. The normalized spacial score (nSPS) is 17.0. The van der Waals surface area contributed by atoms with Crippen molar-refractivity contribution in [3.63, 3.8) is 0 Å². The fraction of sp³-hybridized carbons (Fsp3) is 0.263. The van der Waals surface area contributed by atoms with Gasteiger partial charge in [0.25, 0.3) is 5.24 Å². The molecule has 0 bridgehead atoms. The van der Waals surface area contributed by atoms with Crippen LogP contribution in [0, 0.1) is 0 Å². The van der Waals surface area contributed by atoms with E-state index >= 15 is 0 Å². The minimum absolute atomic E-state index is 0.156. The summed E-state index contributed by atoms with van der Waals surface area (Å²) in [4.78, 5) is 26.2. The average molecular weight is 357 g/mol. The minimum atomic E-state index is -0.432. The Kier molecular flexibility index (Phi) is 5.28. The fourth-order valence-electron chi connectivity index (χ4n) is 2.76. The summed E-state index contributed by atoms with van der Waals surface area (Å²) in [5.41, 5.74) is 1.82. The molecule has 0 unspecified atom stereocenters. The van der Waals surface area contributed by atoms with Crippen LogP contribution >= 0.6 is 11.8 Å². The van der Waals surface area contributed by atoms with E-state index in [1.165, 1.54) is 4.90 Å². The molecule has 6 heteroatoms. The van der Waals surface area contributed by atoms with Crippen LogP contribution < -0.4 is 9.47 Å². The Hall–Kier alpha value is -2.47. The number of methoxy groups -OCH3 is 2. The van der Waals surface area contributed by atoms with Crippen LogP contribution in [0.2, 0.25) is 0 Å². The Balaban J connectivity index is 1.74. The van der Waals surface area contributed by atoms with E-state index in [4.69, 9.17) is 9.47 Å². The summed E-state index contributed by atoms with van der Waals surface area (Å²) in [5.74, 6) is 1.19. The highest BCUT2D eigenvalue weighted by Gasteiger charge is 2.39. The number of amides is 2. The molecule has 1 heterocycles. The van der Waals surface area contributed by atoms with Crippen LogP contribution in [-0.4, -0.2) is 35.5 Å². The summed E-state index contributed by atoms with van der Waals surface area (Å²) in [5, 5.41) is -0.634. The van der Waals surface area contributed by atoms with Crippen LogP contribution in [0.1, 0.15) is 11.1 Å². The third-order valence-electron chi connectivity index (χ3n) is 4.09. The molecule has 0 saturated carbocycles. The molecule has 2 aromatic carbocycles. The number of rotatable bonds is 6. The molecule has 0 aliphatic carbocycles. The maximum Gasteiger partial charge on any atom is 0.289 e. The van der Waals surface area contributed by atoms with Crippen molar-refractivity contribution in [1.29, 1.82) is 0 Å². The molecule has 2 aromatic rings. The summed E-state index contributed by atoms with van der Waals surface area (Å²) >= 11 is 1.08. The van der Waals surface area contributed by atoms with Crippen molar-refractivity contribution in [1.82, 2.24) is 4.90 Å². The van der Waals surface area contributed by atoms with Gasteiger partial charge in [-0.2, -0.15) is 0 Å². The number of hydrogen-bond donors (Lipinski definition) is 0. The van der Waals surface area contributed by atoms with Gasteiger partial charge in [0.2, 0.25) is 5.91 Å². The minimum Gasteiger partial charge on any atom is -0.497 e. The Morgan fingerprint density at radius 3 is 2.48 bits per heavy atom. The molecule has 130 valence electrons. The van der Waals surface area contributed by atoms with Gasteiger partial charge in [-0.1, -0.05) is 48.2 Å². The van der Waals surface area contributed by atoms with E-state index in [-0.39, 0.29) is 11.1 Å². The van der Waals surface area contributed by atoms with Crippen LogP contribution in [0.4, 0.5) is 4.79 Å². The zero-order valence-corrected chi connectivity index (χ0v) is 14.9. The molecule has 25 heavy (non-hydrogen) atoms. The van der Waals surface area contributed by atoms with E-state index in [2.05, 4.69) is 0 Å². The fourth-order valence-corrected chi connectivity index (χ4v) is 3.77. The van der Waals surface area contributed by atoms with Gasteiger partial charge in [-0.25, -0.2) is 0 Å². The molecule has 1 aliphatic rings. The van der Waals surface area contributed by atoms with E-state index in [9.17, 15) is 9.59 Å². The highest BCUT2D eigenvalue weighted by molar-refractivity contribution is 8.15. The lowest BCUT2D eigenvalue weighted by Gasteiger charge is -2.15. The number of imide groups is 1. The predicted molar refractivity (Wildman–Crippen MR) is 97.0 cm³/mol. The second kappa shape index (κ2) is 7.61. The number of thioether (sulfide) groups is 1. The van der Waals surface area contributed by atoms with E-state index in [1.54, 1.807) is 20.3 Å². The molecule has 1 fully saturated rings. The second-order valence-corrected chi connectivity index (χ2v) is 6.82. The van der Waals surface area contributed by atoms with Crippen LogP contribution in [-0.2, 0) is 17.8 Å². The van der Waals surface area contributed by atoms with E-state index < -0.39 is 5.25 Å². The summed E-state index contributed by atoms with van der Waals surface area (Å²) in [7, 11) is 3.17. The van der Waals surface area contributed by atoms with E-state index in [0.717, 1.165) is 22.9 Å². The topological polar surface area (TPSA) is 55.8 Å². The number of carbonyl (C=O) groups excluding carboxylic acids is 2. The van der Waals surface area contributed by atoms with Crippen molar-refractivity contribution in [2.45, 2.75) is 18.2 Å². The van der Waals surface area contributed by atoms with Gasteiger partial charge in [0.05, 0.1) is 26.0 Å². The number of carbonyl (C=O) groups is 2. The summed E-state index contributed by atoms with van der Waals surface area (Å²) in [6.45, 7) is 0.307. The van der Waals surface area contributed by atoms with E-state index in [1.807, 2.05) is 42.5 Å². The first-order valence-corrected chi connectivity index (χ1v) is 8.77. The Morgan fingerprint density at radius 1 is 1.04 bits per heavy atom. The monoisotopic (exact) mass is 357 g/mol. The van der Waals surface area contributed by atoms with Crippen molar-refractivity contribution in [3.05, 3.63) is 59.7 Å². The molecule has 0 spiro atoms. The van der Waals surface area contributed by atoms with Gasteiger partial charge in [0.15, 0.2) is 0 Å². The maximum absolute atomic E-state index is 12.7. The number of ether oxygens (including phenoxy) is 2. The van der Waals surface area contributed by atoms with Gasteiger partial charge >= 0.3 is 0 Å². The summed E-state index contributed by atoms with van der Waals surface area (Å²) in [6, 6.07) is 15.0. The number of nitrogens with zero attached hydrogens (tertiary/aromatic N) is 1. The molecule has 5 nitrogen and oxygen atoms in total. The van der Waals surface area contributed by atoms with Crippen molar-refractivity contribution in [3.8, 4) is 11.5 Å². The van der Waals surface area contributed by atoms with Crippen molar-refractivity contribution < 1.29 is 19.1 Å². The third-order valence-corrected chi connectivity index (χ3v) is 5.16. The standard InChI is InChI=1S/C19H19NO4S/c1-23-15-9-8-14(16(11-15)24-2)10-17-18(21)20(19(22)25-17)12-13-6-4-3-5-7-13/h3-9,11,17H,10,12H2,1-2H3/t17-/m0/s1. The summed E-state index contributed by atoms with van der Waals surface area (Å²) < 4.78 is 10.6. The highest BCUT2D eigenvalue weighted by atomic mass is 32.2. The van der Waals surface area contributed by atoms with Gasteiger partial charge in [-0.05, 0) is 23.6 Å². The van der Waals surface area contributed by atoms with E-state index in [0.29, 0.717) is 24.5 Å². The van der Waals surface area contributed by atoms with Gasteiger partial charge in [0, 0.05) is 6.07 Å². The molecule has 0 radical (unpaired) electrons. The lowest BCUT2D eigenvalue weighted by Crippen LogP contribution is -2.31. The van der Waals surface area contributed by atoms with Crippen LogP contribution in [0.15, 0.2) is 48.5 Å². The number of benzene rings is 2. The first-order valence-electron chi connectivity index (χ1n) is 7.89. The Bertz CT molecular complexity index is 778. The lowest BCUT2D eigenvalue weighted by molar-refractivity contribution is -0.127. The molecule has 0 aromatic heterocycles. The van der Waals surface area contributed by atoms with Gasteiger partial charge in [-0.15, -0.1) is 0 Å². The highest BCUT2D eigenvalue weighted by Crippen LogP contribution is 2.34. The first kappa shape index (κ1) is 17.4. The second-order valence-electron chi connectivity index (χ2n) is 5.66. The average Bonchev–Trinajstić information content (AvgIpc) is 2.90. The molecule has 1 atom stereocenters. The lowest BCUT2D eigenvalue weighted by atomic mass is 10.1. The molecule has 1 aliphatic heterocycles. The summed E-state index contributed by atoms with van der Waals surface area (Å²) in [6.07, 6.45) is 0.438. The van der Waals surface area contributed by atoms with Crippen molar-refractivity contribution in [2.75, 3.05) is 14.2 Å². The molecule has 3 rings (SSSR count). The van der Waals surface area contributed by atoms with Crippen LogP contribution in [0.25, 0.3) is 0 Å². The zero-order chi connectivity index (χ0) is 17.8. The van der Waals surface area contributed by atoms with Gasteiger partial charge in [-0.3, -0.25) is 14.5 Å². The first-order chi connectivity index (χ1) is 12.1. The van der Waals surface area contributed by atoms with Gasteiger partial charge in [0.1, 0.15) is 11.5 Å². The Labute approximate surface area is 150 Å². The largest absolute Gasteiger partial charge is 0.497 e. The molecular formula is C19H19NO4S.